The fourth-order valence-electron chi connectivity index (χ4n) is 9.57. The zero-order valence-corrected chi connectivity index (χ0v) is 24.1. The minimum atomic E-state index is -1.94. The lowest BCUT2D eigenvalue weighted by molar-refractivity contribution is -0.181. The van der Waals surface area contributed by atoms with Crippen LogP contribution in [0.1, 0.15) is 91.4 Å². The van der Waals surface area contributed by atoms with Gasteiger partial charge in [-0.1, -0.05) is 69.7 Å². The number of hydrogen-bond donors (Lipinski definition) is 1. The fraction of sp³-hybridized carbons (Fsp3) is 0.636. The number of Topliss-reactive ketones (excluding diaryl/α,β-unsaturated/α-hetero) is 4. The Kier molecular flexibility index (Phi) is 5.60. The zero-order valence-electron chi connectivity index (χ0n) is 24.1. The Labute approximate surface area is 226 Å². The molecule has 0 aliphatic heterocycles. The van der Waals surface area contributed by atoms with Crippen LogP contribution in [0.4, 0.5) is 0 Å². The van der Waals surface area contributed by atoms with Gasteiger partial charge >= 0.3 is 0 Å². The van der Waals surface area contributed by atoms with E-state index in [0.717, 1.165) is 5.57 Å². The second-order valence-electron chi connectivity index (χ2n) is 14.6. The molecule has 1 aromatic rings. The average Bonchev–Trinajstić information content (AvgIpc) is 2.98. The van der Waals surface area contributed by atoms with E-state index in [0.29, 0.717) is 18.4 Å². The van der Waals surface area contributed by atoms with E-state index >= 15 is 4.79 Å². The number of rotatable bonds is 5. The van der Waals surface area contributed by atoms with Crippen LogP contribution in [-0.4, -0.2) is 33.8 Å². The smallest absolute Gasteiger partial charge is 0.184 e. The van der Waals surface area contributed by atoms with Crippen molar-refractivity contribution in [3.63, 3.8) is 0 Å². The number of ketones is 4. The summed E-state index contributed by atoms with van der Waals surface area (Å²) in [6.45, 7) is 15.3. The predicted molar refractivity (Wildman–Crippen MR) is 145 cm³/mol. The van der Waals surface area contributed by atoms with Crippen LogP contribution in [0.25, 0.3) is 0 Å². The summed E-state index contributed by atoms with van der Waals surface area (Å²) in [5.41, 5.74) is -6.16. The molecule has 6 rings (SSSR count). The molecule has 6 atom stereocenters. The van der Waals surface area contributed by atoms with Crippen molar-refractivity contribution in [1.29, 1.82) is 0 Å². The average molecular weight is 519 g/mol. The maximum absolute atomic E-state index is 15.3. The molecule has 5 aliphatic carbocycles. The lowest BCUT2D eigenvalue weighted by Gasteiger charge is -2.60. The summed E-state index contributed by atoms with van der Waals surface area (Å²) >= 11 is 0. The predicted octanol–water partition coefficient (Wildman–Crippen LogP) is 5.79. The molecule has 0 unspecified atom stereocenters. The first-order valence-corrected chi connectivity index (χ1v) is 14.0. The maximum Gasteiger partial charge on any atom is 0.184 e. The standard InChI is InChI=1S/C33H42O5/c1-19(2)14-15-31-17-21-16-22-28(3,4)23(30(7,8)38)18-32(22,25(31)35)27(37)33(26(31)36,29(21,5)6)24(34)20-12-10-9-11-13-20/h9-14,21-23,38H,15-18H2,1-8H3/t21-,22-,23-,31+,32-,33+/m1/s1. The number of aliphatic hydroxyl groups is 1. The van der Waals surface area contributed by atoms with Gasteiger partial charge in [0.2, 0.25) is 0 Å². The topological polar surface area (TPSA) is 88.5 Å². The number of carbonyl (C=O) groups is 4. The van der Waals surface area contributed by atoms with E-state index in [1.165, 1.54) is 0 Å². The first-order valence-electron chi connectivity index (χ1n) is 14.0. The summed E-state index contributed by atoms with van der Waals surface area (Å²) in [6.07, 6.45) is 3.25. The van der Waals surface area contributed by atoms with Gasteiger partial charge in [0.05, 0.1) is 16.4 Å². The minimum absolute atomic E-state index is 0.169. The van der Waals surface area contributed by atoms with Crippen LogP contribution in [0.5, 0.6) is 0 Å². The maximum atomic E-state index is 15.3. The molecule has 0 saturated heterocycles. The molecule has 0 aromatic heterocycles. The summed E-state index contributed by atoms with van der Waals surface area (Å²) < 4.78 is 0. The molecule has 5 saturated carbocycles. The molecule has 1 N–H and O–H groups in total. The summed E-state index contributed by atoms with van der Waals surface area (Å²) in [4.78, 5) is 59.8. The van der Waals surface area contributed by atoms with Crippen molar-refractivity contribution >= 4 is 23.1 Å². The van der Waals surface area contributed by atoms with E-state index < -0.39 is 50.0 Å². The molecule has 5 heteroatoms. The Morgan fingerprint density at radius 1 is 0.974 bits per heavy atom. The Morgan fingerprint density at radius 2 is 1.58 bits per heavy atom. The molecule has 0 radical (unpaired) electrons. The van der Waals surface area contributed by atoms with Crippen LogP contribution in [0.15, 0.2) is 42.0 Å². The van der Waals surface area contributed by atoms with Gasteiger partial charge in [-0.15, -0.1) is 0 Å². The van der Waals surface area contributed by atoms with Gasteiger partial charge in [-0.3, -0.25) is 19.2 Å². The molecule has 204 valence electrons. The number of benzene rings is 1. The summed E-state index contributed by atoms with van der Waals surface area (Å²) in [5.74, 6) is -2.64. The van der Waals surface area contributed by atoms with E-state index in [1.807, 2.05) is 33.8 Å². The quantitative estimate of drug-likeness (QED) is 0.303. The van der Waals surface area contributed by atoms with Crippen molar-refractivity contribution in [2.24, 2.45) is 44.8 Å². The molecule has 1 spiro atoms. The van der Waals surface area contributed by atoms with Crippen molar-refractivity contribution < 1.29 is 24.3 Å². The van der Waals surface area contributed by atoms with Gasteiger partial charge in [0, 0.05) is 5.56 Å². The second kappa shape index (κ2) is 7.84. The Morgan fingerprint density at radius 3 is 2.13 bits per heavy atom. The van der Waals surface area contributed by atoms with Crippen LogP contribution in [0, 0.1) is 44.8 Å². The van der Waals surface area contributed by atoms with Crippen LogP contribution >= 0.6 is 0 Å². The molecule has 5 aliphatic rings. The monoisotopic (exact) mass is 518 g/mol. The minimum Gasteiger partial charge on any atom is -0.390 e. The lowest BCUT2D eigenvalue weighted by atomic mass is 9.37. The van der Waals surface area contributed by atoms with Crippen molar-refractivity contribution in [2.75, 3.05) is 0 Å². The molecular weight excluding hydrogens is 476 g/mol. The van der Waals surface area contributed by atoms with Crippen molar-refractivity contribution in [3.05, 3.63) is 47.5 Å². The molecule has 5 nitrogen and oxygen atoms in total. The van der Waals surface area contributed by atoms with Gasteiger partial charge in [0.1, 0.15) is 0 Å². The summed E-state index contributed by atoms with van der Waals surface area (Å²) in [7, 11) is 0. The van der Waals surface area contributed by atoms with Crippen LogP contribution in [-0.2, 0) is 14.4 Å². The molecule has 0 amide bonds. The fourth-order valence-corrected chi connectivity index (χ4v) is 9.57. The molecule has 38 heavy (non-hydrogen) atoms. The molecule has 0 heterocycles. The molecule has 4 bridgehead atoms. The number of carbonyl (C=O) groups excluding carboxylic acids is 4. The Balaban J connectivity index is 1.89. The number of allylic oxidation sites excluding steroid dienone is 2. The van der Waals surface area contributed by atoms with E-state index in [-0.39, 0.29) is 36.4 Å². The van der Waals surface area contributed by atoms with Gasteiger partial charge in [0.25, 0.3) is 0 Å². The van der Waals surface area contributed by atoms with Gasteiger partial charge in [-0.25, -0.2) is 0 Å². The summed E-state index contributed by atoms with van der Waals surface area (Å²) in [6, 6.07) is 8.65. The number of hydrogen-bond acceptors (Lipinski definition) is 5. The van der Waals surface area contributed by atoms with Crippen molar-refractivity contribution in [3.8, 4) is 0 Å². The van der Waals surface area contributed by atoms with Gasteiger partial charge in [-0.2, -0.15) is 0 Å². The van der Waals surface area contributed by atoms with E-state index in [1.54, 1.807) is 44.2 Å². The highest BCUT2D eigenvalue weighted by Gasteiger charge is 2.86. The van der Waals surface area contributed by atoms with E-state index in [4.69, 9.17) is 0 Å². The summed E-state index contributed by atoms with van der Waals surface area (Å²) in [5, 5.41) is 11.3. The third kappa shape index (κ3) is 2.92. The first kappa shape index (κ1) is 27.2. The molecular formula is C33H42O5. The van der Waals surface area contributed by atoms with Gasteiger partial charge in [0.15, 0.2) is 28.5 Å². The third-order valence-electron chi connectivity index (χ3n) is 11.5. The van der Waals surface area contributed by atoms with Crippen LogP contribution < -0.4 is 0 Å². The van der Waals surface area contributed by atoms with Crippen LogP contribution in [0.3, 0.4) is 0 Å². The highest BCUT2D eigenvalue weighted by atomic mass is 16.3. The van der Waals surface area contributed by atoms with Gasteiger partial charge in [-0.05, 0) is 82.0 Å². The van der Waals surface area contributed by atoms with Crippen LogP contribution in [0.2, 0.25) is 0 Å². The van der Waals surface area contributed by atoms with Crippen molar-refractivity contribution in [1.82, 2.24) is 0 Å². The van der Waals surface area contributed by atoms with Gasteiger partial charge < -0.3 is 5.11 Å². The third-order valence-corrected chi connectivity index (χ3v) is 11.5. The Bertz CT molecular complexity index is 1270. The first-order chi connectivity index (χ1) is 17.4. The molecule has 5 fully saturated rings. The van der Waals surface area contributed by atoms with E-state index in [9.17, 15) is 19.5 Å². The zero-order chi connectivity index (χ0) is 28.3. The SMILES string of the molecule is CC(C)=CC[C@]12C[C@H]3C[C@@H]4C(C)(C)[C@H](C(C)(C)O)C[C@@]4(C1=O)C(=O)[C@](C(=O)c1ccccc1)(C2=O)C3(C)C. The molecule has 1 aromatic carbocycles. The lowest BCUT2D eigenvalue weighted by Crippen LogP contribution is -2.75. The Hall–Kier alpha value is -2.40. The second-order valence-corrected chi connectivity index (χ2v) is 14.6. The largest absolute Gasteiger partial charge is 0.390 e. The van der Waals surface area contributed by atoms with Crippen molar-refractivity contribution in [2.45, 2.75) is 86.7 Å². The normalized spacial score (nSPS) is 38.7. The highest BCUT2D eigenvalue weighted by molar-refractivity contribution is 6.42. The van der Waals surface area contributed by atoms with E-state index in [2.05, 4.69) is 13.8 Å². The highest BCUT2D eigenvalue weighted by Crippen LogP contribution is 2.77.